The van der Waals surface area contributed by atoms with Crippen LogP contribution >= 0.6 is 0 Å². The van der Waals surface area contributed by atoms with Crippen LogP contribution in [0.15, 0.2) is 65.8 Å². The highest BCUT2D eigenvalue weighted by atomic mass is 16.5. The van der Waals surface area contributed by atoms with E-state index in [9.17, 15) is 4.79 Å². The van der Waals surface area contributed by atoms with Crippen LogP contribution < -0.4 is 24.4 Å². The fraction of sp³-hybridized carbons (Fsp3) is 0.259. The highest BCUT2D eigenvalue weighted by Gasteiger charge is 2.11. The number of hydrazone groups is 1. The van der Waals surface area contributed by atoms with Crippen molar-refractivity contribution in [2.75, 3.05) is 20.3 Å². The van der Waals surface area contributed by atoms with Crippen molar-refractivity contribution in [1.82, 2.24) is 5.43 Å². The van der Waals surface area contributed by atoms with Crippen LogP contribution in [-0.2, 0) is 6.61 Å². The van der Waals surface area contributed by atoms with Crippen LogP contribution in [0.1, 0.15) is 40.9 Å². The zero-order chi connectivity index (χ0) is 24.3. The molecule has 0 aromatic heterocycles. The zero-order valence-electron chi connectivity index (χ0n) is 20.0. The SMILES string of the molecule is CCOc1ccc(C(=O)N/N=C/c2ccc(OCc3ccc(C)cc3)c(OC)c2)cc1OCC. The van der Waals surface area contributed by atoms with Gasteiger partial charge in [0.05, 0.1) is 26.5 Å². The second-order valence-corrected chi connectivity index (χ2v) is 7.41. The number of amides is 1. The summed E-state index contributed by atoms with van der Waals surface area (Å²) < 4.78 is 22.5. The van der Waals surface area contributed by atoms with Crippen molar-refractivity contribution in [3.8, 4) is 23.0 Å². The highest BCUT2D eigenvalue weighted by Crippen LogP contribution is 2.29. The van der Waals surface area contributed by atoms with Crippen LogP contribution in [0.3, 0.4) is 0 Å². The van der Waals surface area contributed by atoms with Gasteiger partial charge in [0.15, 0.2) is 23.0 Å². The van der Waals surface area contributed by atoms with Gasteiger partial charge in [0.25, 0.3) is 5.91 Å². The number of nitrogens with zero attached hydrogens (tertiary/aromatic N) is 1. The van der Waals surface area contributed by atoms with E-state index in [0.717, 1.165) is 11.1 Å². The molecule has 0 aliphatic heterocycles. The van der Waals surface area contributed by atoms with Crippen LogP contribution in [0.25, 0.3) is 0 Å². The second kappa shape index (κ2) is 12.3. The molecule has 0 aliphatic carbocycles. The number of methoxy groups -OCH3 is 1. The number of hydrogen-bond donors (Lipinski definition) is 1. The Morgan fingerprint density at radius 3 is 2.24 bits per heavy atom. The first-order valence-corrected chi connectivity index (χ1v) is 11.1. The molecule has 1 amide bonds. The molecular weight excluding hydrogens is 432 g/mol. The van der Waals surface area contributed by atoms with Crippen molar-refractivity contribution < 1.29 is 23.7 Å². The Morgan fingerprint density at radius 2 is 1.53 bits per heavy atom. The standard InChI is InChI=1S/C27H30N2O5/c1-5-32-24-14-12-22(16-26(24)33-6-2)27(30)29-28-17-21-11-13-23(25(15-21)31-4)34-18-20-9-7-19(3)8-10-20/h7-17H,5-6,18H2,1-4H3,(H,29,30)/b28-17+. The topological polar surface area (TPSA) is 78.4 Å². The van der Waals surface area contributed by atoms with E-state index in [0.29, 0.717) is 48.4 Å². The molecule has 0 unspecified atom stereocenters. The number of aryl methyl sites for hydroxylation is 1. The molecule has 7 nitrogen and oxygen atoms in total. The van der Waals surface area contributed by atoms with E-state index in [1.54, 1.807) is 37.6 Å². The molecule has 0 bridgehead atoms. The third kappa shape index (κ3) is 6.75. The predicted molar refractivity (Wildman–Crippen MR) is 132 cm³/mol. The first-order valence-electron chi connectivity index (χ1n) is 11.1. The molecule has 0 atom stereocenters. The summed E-state index contributed by atoms with van der Waals surface area (Å²) in [4.78, 5) is 12.5. The number of rotatable bonds is 11. The molecule has 0 radical (unpaired) electrons. The number of hydrogen-bond acceptors (Lipinski definition) is 6. The molecule has 0 spiro atoms. The van der Waals surface area contributed by atoms with Crippen LogP contribution in [0, 0.1) is 6.92 Å². The number of nitrogens with one attached hydrogen (secondary N) is 1. The van der Waals surface area contributed by atoms with Gasteiger partial charge in [0.2, 0.25) is 0 Å². The summed E-state index contributed by atoms with van der Waals surface area (Å²) in [6.45, 7) is 7.23. The van der Waals surface area contributed by atoms with Crippen LogP contribution in [0.2, 0.25) is 0 Å². The van der Waals surface area contributed by atoms with Gasteiger partial charge in [0.1, 0.15) is 6.61 Å². The van der Waals surface area contributed by atoms with E-state index in [1.165, 1.54) is 5.56 Å². The zero-order valence-corrected chi connectivity index (χ0v) is 20.0. The summed E-state index contributed by atoms with van der Waals surface area (Å²) in [6, 6.07) is 18.6. The number of carbonyl (C=O) groups excluding carboxylic acids is 1. The van der Waals surface area contributed by atoms with Gasteiger partial charge in [0, 0.05) is 5.56 Å². The van der Waals surface area contributed by atoms with Gasteiger partial charge in [-0.25, -0.2) is 5.43 Å². The Balaban J connectivity index is 1.63. The molecule has 3 aromatic rings. The summed E-state index contributed by atoms with van der Waals surface area (Å²) in [6.07, 6.45) is 1.54. The first-order chi connectivity index (χ1) is 16.5. The molecule has 3 rings (SSSR count). The Labute approximate surface area is 200 Å². The lowest BCUT2D eigenvalue weighted by Gasteiger charge is -2.12. The van der Waals surface area contributed by atoms with Gasteiger partial charge in [-0.3, -0.25) is 4.79 Å². The Hall–Kier alpha value is -4.00. The van der Waals surface area contributed by atoms with Crippen LogP contribution in [0.5, 0.6) is 23.0 Å². The first kappa shape index (κ1) is 24.6. The van der Waals surface area contributed by atoms with Crippen molar-refractivity contribution >= 4 is 12.1 Å². The second-order valence-electron chi connectivity index (χ2n) is 7.41. The third-order valence-electron chi connectivity index (χ3n) is 4.89. The van der Waals surface area contributed by atoms with E-state index < -0.39 is 0 Å². The minimum atomic E-state index is -0.356. The third-order valence-corrected chi connectivity index (χ3v) is 4.89. The molecule has 0 heterocycles. The van der Waals surface area contributed by atoms with Gasteiger partial charge in [-0.05, 0) is 68.3 Å². The van der Waals surface area contributed by atoms with E-state index in [-0.39, 0.29) is 5.91 Å². The van der Waals surface area contributed by atoms with Gasteiger partial charge in [-0.15, -0.1) is 0 Å². The average Bonchev–Trinajstić information content (AvgIpc) is 2.85. The van der Waals surface area contributed by atoms with Crippen molar-refractivity contribution in [3.63, 3.8) is 0 Å². The Bertz CT molecular complexity index is 1130. The maximum absolute atomic E-state index is 12.5. The number of benzene rings is 3. The lowest BCUT2D eigenvalue weighted by Crippen LogP contribution is -2.17. The summed E-state index contributed by atoms with van der Waals surface area (Å²) in [5.74, 6) is 1.97. The van der Waals surface area contributed by atoms with E-state index in [1.807, 2.05) is 45.0 Å². The maximum Gasteiger partial charge on any atom is 0.271 e. The summed E-state index contributed by atoms with van der Waals surface area (Å²) in [5, 5.41) is 4.07. The lowest BCUT2D eigenvalue weighted by molar-refractivity contribution is 0.0954. The highest BCUT2D eigenvalue weighted by molar-refractivity contribution is 5.95. The van der Waals surface area contributed by atoms with Crippen LogP contribution in [0.4, 0.5) is 0 Å². The van der Waals surface area contributed by atoms with E-state index in [2.05, 4.69) is 22.7 Å². The van der Waals surface area contributed by atoms with E-state index in [4.69, 9.17) is 18.9 Å². The summed E-state index contributed by atoms with van der Waals surface area (Å²) >= 11 is 0. The Kier molecular flexibility index (Phi) is 8.91. The molecule has 0 saturated heterocycles. The molecule has 1 N–H and O–H groups in total. The number of ether oxygens (including phenoxy) is 4. The van der Waals surface area contributed by atoms with Crippen molar-refractivity contribution in [1.29, 1.82) is 0 Å². The van der Waals surface area contributed by atoms with E-state index >= 15 is 0 Å². The maximum atomic E-state index is 12.5. The largest absolute Gasteiger partial charge is 0.493 e. The normalized spacial score (nSPS) is 10.7. The fourth-order valence-electron chi connectivity index (χ4n) is 3.15. The molecular formula is C27H30N2O5. The smallest absolute Gasteiger partial charge is 0.271 e. The molecule has 0 fully saturated rings. The van der Waals surface area contributed by atoms with Gasteiger partial charge < -0.3 is 18.9 Å². The molecule has 34 heavy (non-hydrogen) atoms. The van der Waals surface area contributed by atoms with Crippen molar-refractivity contribution in [2.24, 2.45) is 5.10 Å². The monoisotopic (exact) mass is 462 g/mol. The lowest BCUT2D eigenvalue weighted by atomic mass is 10.2. The van der Waals surface area contributed by atoms with Gasteiger partial charge in [-0.1, -0.05) is 29.8 Å². The van der Waals surface area contributed by atoms with Gasteiger partial charge in [-0.2, -0.15) is 5.10 Å². The average molecular weight is 463 g/mol. The minimum Gasteiger partial charge on any atom is -0.493 e. The summed E-state index contributed by atoms with van der Waals surface area (Å²) in [7, 11) is 1.58. The fourth-order valence-corrected chi connectivity index (χ4v) is 3.15. The molecule has 178 valence electrons. The number of carbonyl (C=O) groups is 1. The van der Waals surface area contributed by atoms with Crippen molar-refractivity contribution in [2.45, 2.75) is 27.4 Å². The molecule has 7 heteroatoms. The minimum absolute atomic E-state index is 0.356. The van der Waals surface area contributed by atoms with Gasteiger partial charge >= 0.3 is 0 Å². The molecule has 0 saturated carbocycles. The van der Waals surface area contributed by atoms with Crippen molar-refractivity contribution in [3.05, 3.63) is 82.9 Å². The molecule has 3 aromatic carbocycles. The molecule has 0 aliphatic rings. The Morgan fingerprint density at radius 1 is 0.853 bits per heavy atom. The quantitative estimate of drug-likeness (QED) is 0.315. The summed E-state index contributed by atoms with van der Waals surface area (Å²) in [5.41, 5.74) is 5.98. The predicted octanol–water partition coefficient (Wildman–Crippen LogP) is 5.14. The van der Waals surface area contributed by atoms with Crippen LogP contribution in [-0.4, -0.2) is 32.4 Å².